The first kappa shape index (κ1) is 18.2. The van der Waals surface area contributed by atoms with Crippen molar-refractivity contribution >= 4 is 23.2 Å². The zero-order valence-corrected chi connectivity index (χ0v) is 15.5. The van der Waals surface area contributed by atoms with Crippen LogP contribution in [-0.2, 0) is 16.0 Å². The summed E-state index contributed by atoms with van der Waals surface area (Å²) in [5.41, 5.74) is 3.41. The van der Waals surface area contributed by atoms with Crippen molar-refractivity contribution in [2.24, 2.45) is 5.92 Å². The van der Waals surface area contributed by atoms with Crippen LogP contribution in [0.5, 0.6) is 0 Å². The molecule has 0 radical (unpaired) electrons. The number of benzene rings is 2. The quantitative estimate of drug-likeness (QED) is 0.653. The number of hydrogen-bond donors (Lipinski definition) is 1. The summed E-state index contributed by atoms with van der Waals surface area (Å²) in [5.74, 6) is -1.27. The van der Waals surface area contributed by atoms with Crippen LogP contribution in [0.25, 0.3) is 0 Å². The summed E-state index contributed by atoms with van der Waals surface area (Å²) >= 11 is 0. The standard InChI is InChI=1S/C21H21N3O4/c1-13-6-9-15(10-7-13)22-20(25)18-11-8-14-4-2-3-5-17(14)23(18)21(26)16-12-19(16)24(27)28/h2-7,9-10,16,18-19H,8,11-12H2,1H3,(H,22,25). The largest absolute Gasteiger partial charge is 0.324 e. The average Bonchev–Trinajstić information content (AvgIpc) is 3.49. The lowest BCUT2D eigenvalue weighted by atomic mass is 9.94. The molecule has 144 valence electrons. The Morgan fingerprint density at radius 1 is 1.14 bits per heavy atom. The average molecular weight is 379 g/mol. The van der Waals surface area contributed by atoms with Gasteiger partial charge in [0.05, 0.1) is 0 Å². The van der Waals surface area contributed by atoms with Crippen molar-refractivity contribution in [3.63, 3.8) is 0 Å². The van der Waals surface area contributed by atoms with Gasteiger partial charge in [-0.3, -0.25) is 24.6 Å². The lowest BCUT2D eigenvalue weighted by molar-refractivity contribution is -0.497. The van der Waals surface area contributed by atoms with Gasteiger partial charge >= 0.3 is 0 Å². The molecule has 1 aliphatic heterocycles. The molecule has 28 heavy (non-hydrogen) atoms. The molecule has 1 aliphatic carbocycles. The molecular weight excluding hydrogens is 358 g/mol. The summed E-state index contributed by atoms with van der Waals surface area (Å²) in [6.07, 6.45) is 1.39. The zero-order chi connectivity index (χ0) is 19.8. The van der Waals surface area contributed by atoms with Crippen LogP contribution < -0.4 is 10.2 Å². The van der Waals surface area contributed by atoms with E-state index in [0.717, 1.165) is 11.1 Å². The Morgan fingerprint density at radius 2 is 1.86 bits per heavy atom. The Kier molecular flexibility index (Phi) is 4.58. The maximum Gasteiger partial charge on any atom is 0.247 e. The fourth-order valence-corrected chi connectivity index (χ4v) is 3.79. The number of amides is 2. The number of fused-ring (bicyclic) bond motifs is 1. The first-order valence-electron chi connectivity index (χ1n) is 9.37. The molecule has 1 N–H and O–H groups in total. The fraction of sp³-hybridized carbons (Fsp3) is 0.333. The molecule has 2 aromatic rings. The molecule has 7 nitrogen and oxygen atoms in total. The maximum absolute atomic E-state index is 13.1. The van der Waals surface area contributed by atoms with Gasteiger partial charge in [-0.25, -0.2) is 0 Å². The number of hydrogen-bond acceptors (Lipinski definition) is 4. The second-order valence-electron chi connectivity index (χ2n) is 7.44. The molecule has 0 spiro atoms. The summed E-state index contributed by atoms with van der Waals surface area (Å²) in [5, 5.41) is 13.9. The highest BCUT2D eigenvalue weighted by atomic mass is 16.6. The van der Waals surface area contributed by atoms with E-state index < -0.39 is 22.9 Å². The Morgan fingerprint density at radius 3 is 2.54 bits per heavy atom. The van der Waals surface area contributed by atoms with Crippen molar-refractivity contribution in [2.75, 3.05) is 10.2 Å². The van der Waals surface area contributed by atoms with E-state index in [2.05, 4.69) is 5.32 Å². The number of carbonyl (C=O) groups excluding carboxylic acids is 2. The van der Waals surface area contributed by atoms with Gasteiger partial charge in [0.25, 0.3) is 0 Å². The molecule has 7 heteroatoms. The predicted octanol–water partition coefficient (Wildman–Crippen LogP) is 2.95. The highest BCUT2D eigenvalue weighted by Crippen LogP contribution is 2.40. The van der Waals surface area contributed by atoms with Gasteiger partial charge in [-0.2, -0.15) is 0 Å². The van der Waals surface area contributed by atoms with Gasteiger partial charge in [0.1, 0.15) is 12.0 Å². The van der Waals surface area contributed by atoms with Gasteiger partial charge in [0, 0.05) is 22.7 Å². The van der Waals surface area contributed by atoms with Gasteiger partial charge in [-0.05, 0) is 43.5 Å². The molecule has 1 heterocycles. The second kappa shape index (κ2) is 7.07. The van der Waals surface area contributed by atoms with Crippen molar-refractivity contribution in [1.82, 2.24) is 0 Å². The molecule has 0 saturated heterocycles. The summed E-state index contributed by atoms with van der Waals surface area (Å²) in [4.78, 5) is 38.2. The van der Waals surface area contributed by atoms with Gasteiger partial charge < -0.3 is 5.32 Å². The van der Waals surface area contributed by atoms with Crippen LogP contribution in [0.15, 0.2) is 48.5 Å². The first-order chi connectivity index (χ1) is 13.5. The summed E-state index contributed by atoms with van der Waals surface area (Å²) in [6.45, 7) is 1.96. The Labute approximate surface area is 162 Å². The van der Waals surface area contributed by atoms with Gasteiger partial charge in [-0.15, -0.1) is 0 Å². The van der Waals surface area contributed by atoms with Crippen LogP contribution >= 0.6 is 0 Å². The summed E-state index contributed by atoms with van der Waals surface area (Å²) in [7, 11) is 0. The van der Waals surface area contributed by atoms with Gasteiger partial charge in [0.15, 0.2) is 0 Å². The summed E-state index contributed by atoms with van der Waals surface area (Å²) < 4.78 is 0. The number of para-hydroxylation sites is 1. The monoisotopic (exact) mass is 379 g/mol. The topological polar surface area (TPSA) is 92.6 Å². The number of anilines is 2. The molecule has 0 aromatic heterocycles. The van der Waals surface area contributed by atoms with Crippen molar-refractivity contribution in [1.29, 1.82) is 0 Å². The zero-order valence-electron chi connectivity index (χ0n) is 15.5. The molecule has 3 atom stereocenters. The van der Waals surface area contributed by atoms with Crippen LogP contribution in [0.3, 0.4) is 0 Å². The molecule has 3 unspecified atom stereocenters. The minimum atomic E-state index is -0.845. The highest BCUT2D eigenvalue weighted by molar-refractivity contribution is 6.07. The van der Waals surface area contributed by atoms with Crippen LogP contribution in [0.1, 0.15) is 24.0 Å². The van der Waals surface area contributed by atoms with Crippen molar-refractivity contribution < 1.29 is 14.5 Å². The van der Waals surface area contributed by atoms with E-state index in [1.807, 2.05) is 55.5 Å². The molecular formula is C21H21N3O4. The number of nitrogens with zero attached hydrogens (tertiary/aromatic N) is 2. The Balaban J connectivity index is 1.61. The minimum Gasteiger partial charge on any atom is -0.324 e. The number of rotatable bonds is 4. The predicted molar refractivity (Wildman–Crippen MR) is 105 cm³/mol. The van der Waals surface area contributed by atoms with E-state index in [0.29, 0.717) is 24.2 Å². The lowest BCUT2D eigenvalue weighted by Crippen LogP contribution is -2.51. The van der Waals surface area contributed by atoms with Crippen LogP contribution in [-0.4, -0.2) is 28.8 Å². The Bertz CT molecular complexity index is 941. The lowest BCUT2D eigenvalue weighted by Gasteiger charge is -2.36. The number of aryl methyl sites for hydroxylation is 2. The number of carbonyl (C=O) groups is 2. The van der Waals surface area contributed by atoms with Crippen molar-refractivity contribution in [2.45, 2.75) is 38.3 Å². The second-order valence-corrected chi connectivity index (χ2v) is 7.44. The maximum atomic E-state index is 13.1. The molecule has 0 bridgehead atoms. The van der Waals surface area contributed by atoms with Crippen LogP contribution in [0.4, 0.5) is 11.4 Å². The molecule has 2 amide bonds. The first-order valence-corrected chi connectivity index (χ1v) is 9.37. The molecule has 1 fully saturated rings. The van der Waals surface area contributed by atoms with E-state index in [4.69, 9.17) is 0 Å². The minimum absolute atomic E-state index is 0.233. The molecule has 2 aliphatic rings. The van der Waals surface area contributed by atoms with Gasteiger partial charge in [0.2, 0.25) is 17.9 Å². The summed E-state index contributed by atoms with van der Waals surface area (Å²) in [6, 6.07) is 13.4. The SMILES string of the molecule is Cc1ccc(NC(=O)C2CCc3ccccc3N2C(=O)C2CC2[N+](=O)[O-])cc1. The normalized spacial score (nSPS) is 22.9. The van der Waals surface area contributed by atoms with Crippen molar-refractivity contribution in [3.8, 4) is 0 Å². The number of nitrogens with one attached hydrogen (secondary N) is 1. The van der Waals surface area contributed by atoms with E-state index in [1.165, 1.54) is 4.90 Å². The number of nitro groups is 1. The van der Waals surface area contributed by atoms with Crippen LogP contribution in [0.2, 0.25) is 0 Å². The van der Waals surface area contributed by atoms with E-state index in [1.54, 1.807) is 0 Å². The fourth-order valence-electron chi connectivity index (χ4n) is 3.79. The Hall–Kier alpha value is -3.22. The van der Waals surface area contributed by atoms with Gasteiger partial charge in [-0.1, -0.05) is 35.9 Å². The third-order valence-electron chi connectivity index (χ3n) is 5.45. The third-order valence-corrected chi connectivity index (χ3v) is 5.45. The van der Waals surface area contributed by atoms with E-state index in [-0.39, 0.29) is 18.2 Å². The molecule has 2 aromatic carbocycles. The van der Waals surface area contributed by atoms with E-state index in [9.17, 15) is 19.7 Å². The van der Waals surface area contributed by atoms with Crippen LogP contribution in [0, 0.1) is 23.0 Å². The van der Waals surface area contributed by atoms with Crippen molar-refractivity contribution in [3.05, 3.63) is 69.8 Å². The highest BCUT2D eigenvalue weighted by Gasteiger charge is 2.56. The molecule has 1 saturated carbocycles. The third kappa shape index (κ3) is 3.35. The van der Waals surface area contributed by atoms with E-state index >= 15 is 0 Å². The smallest absolute Gasteiger partial charge is 0.247 e. The molecule has 4 rings (SSSR count).